The zero-order chi connectivity index (χ0) is 16.6. The van der Waals surface area contributed by atoms with E-state index < -0.39 is 17.8 Å². The Morgan fingerprint density at radius 1 is 1.35 bits per heavy atom. The van der Waals surface area contributed by atoms with Gasteiger partial charge in [-0.1, -0.05) is 6.07 Å². The van der Waals surface area contributed by atoms with Crippen LogP contribution in [-0.4, -0.2) is 20.7 Å². The van der Waals surface area contributed by atoms with Gasteiger partial charge in [-0.25, -0.2) is 15.5 Å². The third kappa shape index (κ3) is 2.98. The fourth-order valence-electron chi connectivity index (χ4n) is 1.81. The van der Waals surface area contributed by atoms with Crippen LogP contribution >= 0.6 is 22.7 Å². The fourth-order valence-corrected chi connectivity index (χ4v) is 3.30. The summed E-state index contributed by atoms with van der Waals surface area (Å²) in [5, 5.41) is 6.87. The van der Waals surface area contributed by atoms with Crippen LogP contribution in [0.4, 0.5) is 13.2 Å². The molecule has 0 radical (unpaired) electrons. The Labute approximate surface area is 135 Å². The zero-order valence-corrected chi connectivity index (χ0v) is 12.8. The second-order valence-electron chi connectivity index (χ2n) is 4.29. The molecule has 0 aliphatic rings. The van der Waals surface area contributed by atoms with Crippen molar-refractivity contribution in [3.63, 3.8) is 0 Å². The third-order valence-corrected chi connectivity index (χ3v) is 4.52. The number of thiophene rings is 1. The number of rotatable bonds is 3. The number of alkyl halides is 3. The Morgan fingerprint density at radius 3 is 2.74 bits per heavy atom. The first-order valence-electron chi connectivity index (χ1n) is 6.08. The molecule has 0 aromatic carbocycles. The van der Waals surface area contributed by atoms with E-state index in [1.165, 1.54) is 16.7 Å². The summed E-state index contributed by atoms with van der Waals surface area (Å²) in [5.41, 5.74) is 1.15. The summed E-state index contributed by atoms with van der Waals surface area (Å²) in [4.78, 5) is 16.0. The minimum Gasteiger partial charge on any atom is -0.289 e. The first-order valence-corrected chi connectivity index (χ1v) is 7.84. The van der Waals surface area contributed by atoms with Gasteiger partial charge in [-0.2, -0.15) is 18.3 Å². The highest BCUT2D eigenvalue weighted by Crippen LogP contribution is 2.35. The molecule has 0 saturated carbocycles. The van der Waals surface area contributed by atoms with Crippen molar-refractivity contribution in [2.75, 3.05) is 0 Å². The molecule has 0 bridgehead atoms. The molecule has 23 heavy (non-hydrogen) atoms. The predicted octanol–water partition coefficient (Wildman–Crippen LogP) is 2.68. The van der Waals surface area contributed by atoms with Crippen LogP contribution in [0.15, 0.2) is 29.0 Å². The van der Waals surface area contributed by atoms with E-state index in [4.69, 9.17) is 5.84 Å². The van der Waals surface area contributed by atoms with Crippen molar-refractivity contribution in [3.05, 3.63) is 40.3 Å². The van der Waals surface area contributed by atoms with Crippen LogP contribution in [0.5, 0.6) is 0 Å². The van der Waals surface area contributed by atoms with Crippen molar-refractivity contribution in [2.24, 2.45) is 5.84 Å². The predicted molar refractivity (Wildman–Crippen MR) is 79.2 cm³/mol. The lowest BCUT2D eigenvalue weighted by Gasteiger charge is -2.01. The first kappa shape index (κ1) is 15.6. The largest absolute Gasteiger partial charge is 0.435 e. The Hall–Kier alpha value is -2.24. The summed E-state index contributed by atoms with van der Waals surface area (Å²) in [6.07, 6.45) is -4.58. The van der Waals surface area contributed by atoms with Gasteiger partial charge in [0, 0.05) is 5.38 Å². The third-order valence-electron chi connectivity index (χ3n) is 2.81. The van der Waals surface area contributed by atoms with Crippen molar-refractivity contribution in [3.8, 4) is 15.7 Å². The molecule has 3 heterocycles. The molecule has 0 aliphatic carbocycles. The van der Waals surface area contributed by atoms with Crippen LogP contribution in [0, 0.1) is 0 Å². The molecule has 1 amide bonds. The van der Waals surface area contributed by atoms with Crippen LogP contribution < -0.4 is 11.3 Å². The van der Waals surface area contributed by atoms with Crippen LogP contribution in [0.3, 0.4) is 0 Å². The highest BCUT2D eigenvalue weighted by Gasteiger charge is 2.35. The Balaban J connectivity index is 2.12. The summed E-state index contributed by atoms with van der Waals surface area (Å²) >= 11 is 2.27. The highest BCUT2D eigenvalue weighted by atomic mass is 32.1. The second-order valence-corrected chi connectivity index (χ2v) is 6.07. The number of halogens is 3. The molecule has 6 nitrogen and oxygen atoms in total. The van der Waals surface area contributed by atoms with E-state index in [1.54, 1.807) is 17.5 Å². The van der Waals surface area contributed by atoms with Gasteiger partial charge in [0.05, 0.1) is 10.6 Å². The molecule has 0 saturated heterocycles. The first-order chi connectivity index (χ1) is 10.9. The van der Waals surface area contributed by atoms with E-state index in [0.29, 0.717) is 4.88 Å². The number of hydrazine groups is 1. The molecular weight excluding hydrogens is 351 g/mol. The SMILES string of the molecule is NNC(=O)c1csc(-n2nc(C(F)(F)F)cc2-c2cccs2)n1. The summed E-state index contributed by atoms with van der Waals surface area (Å²) in [6.45, 7) is 0. The van der Waals surface area contributed by atoms with Crippen LogP contribution in [0.25, 0.3) is 15.7 Å². The molecule has 0 spiro atoms. The maximum Gasteiger partial charge on any atom is 0.435 e. The van der Waals surface area contributed by atoms with E-state index in [1.807, 2.05) is 5.43 Å². The summed E-state index contributed by atoms with van der Waals surface area (Å²) in [5.74, 6) is 4.38. The van der Waals surface area contributed by atoms with Crippen LogP contribution in [-0.2, 0) is 6.18 Å². The zero-order valence-electron chi connectivity index (χ0n) is 11.2. The molecule has 3 aromatic heterocycles. The van der Waals surface area contributed by atoms with Gasteiger partial charge < -0.3 is 0 Å². The minimum absolute atomic E-state index is 0.00804. The van der Waals surface area contributed by atoms with Crippen molar-refractivity contribution in [1.29, 1.82) is 0 Å². The smallest absolute Gasteiger partial charge is 0.289 e. The lowest BCUT2D eigenvalue weighted by Crippen LogP contribution is -2.30. The monoisotopic (exact) mass is 359 g/mol. The quantitative estimate of drug-likeness (QED) is 0.428. The highest BCUT2D eigenvalue weighted by molar-refractivity contribution is 7.13. The Kier molecular flexibility index (Phi) is 3.92. The number of nitrogen functional groups attached to an aromatic ring is 1. The lowest BCUT2D eigenvalue weighted by atomic mass is 10.3. The van der Waals surface area contributed by atoms with Gasteiger partial charge >= 0.3 is 6.18 Å². The number of nitrogens with one attached hydrogen (secondary N) is 1. The number of hydrogen-bond acceptors (Lipinski definition) is 6. The maximum atomic E-state index is 13.0. The maximum absolute atomic E-state index is 13.0. The molecule has 3 N–H and O–H groups in total. The number of thiazole rings is 1. The van der Waals surface area contributed by atoms with Crippen molar-refractivity contribution in [2.45, 2.75) is 6.18 Å². The number of hydrogen-bond donors (Lipinski definition) is 2. The number of nitrogens with zero attached hydrogens (tertiary/aromatic N) is 3. The van der Waals surface area contributed by atoms with Crippen molar-refractivity contribution >= 4 is 28.6 Å². The second kappa shape index (κ2) is 5.76. The molecule has 0 aliphatic heterocycles. The van der Waals surface area contributed by atoms with Gasteiger partial charge in [0.2, 0.25) is 5.13 Å². The molecule has 120 valence electrons. The molecular formula is C12H8F3N5OS2. The van der Waals surface area contributed by atoms with Gasteiger partial charge in [0.25, 0.3) is 5.91 Å². The average molecular weight is 359 g/mol. The van der Waals surface area contributed by atoms with Crippen molar-refractivity contribution < 1.29 is 18.0 Å². The molecule has 0 atom stereocenters. The normalized spacial score (nSPS) is 11.7. The number of carbonyl (C=O) groups is 1. The summed E-state index contributed by atoms with van der Waals surface area (Å²) in [6, 6.07) is 4.36. The minimum atomic E-state index is -4.58. The van der Waals surface area contributed by atoms with E-state index >= 15 is 0 Å². The van der Waals surface area contributed by atoms with E-state index in [9.17, 15) is 18.0 Å². The Bertz CT molecular complexity index is 837. The van der Waals surface area contributed by atoms with Crippen LogP contribution in [0.2, 0.25) is 0 Å². The van der Waals surface area contributed by atoms with Gasteiger partial charge in [-0.05, 0) is 17.5 Å². The van der Waals surface area contributed by atoms with Gasteiger partial charge in [0.15, 0.2) is 5.69 Å². The fraction of sp³-hybridized carbons (Fsp3) is 0.0833. The molecule has 3 rings (SSSR count). The van der Waals surface area contributed by atoms with E-state index in [-0.39, 0.29) is 16.5 Å². The number of aromatic nitrogens is 3. The van der Waals surface area contributed by atoms with E-state index in [0.717, 1.165) is 22.1 Å². The standard InChI is InChI=1S/C12H8F3N5OS2/c13-12(14,15)9-4-7(8-2-1-3-22-8)20(19-9)11-17-6(5-23-11)10(21)18-16/h1-5H,16H2,(H,18,21). The van der Waals surface area contributed by atoms with Gasteiger partial charge in [0.1, 0.15) is 5.69 Å². The Morgan fingerprint density at radius 2 is 2.13 bits per heavy atom. The number of nitrogens with two attached hydrogens (primary N) is 1. The number of amides is 1. The van der Waals surface area contributed by atoms with Crippen molar-refractivity contribution in [1.82, 2.24) is 20.2 Å². The number of carbonyl (C=O) groups excluding carboxylic acids is 1. The molecule has 11 heteroatoms. The average Bonchev–Trinajstić information content (AvgIpc) is 3.21. The molecule has 3 aromatic rings. The summed E-state index contributed by atoms with van der Waals surface area (Å²) < 4.78 is 39.9. The van der Waals surface area contributed by atoms with E-state index in [2.05, 4.69) is 10.1 Å². The topological polar surface area (TPSA) is 85.8 Å². The van der Waals surface area contributed by atoms with Gasteiger partial charge in [-0.3, -0.25) is 10.2 Å². The lowest BCUT2D eigenvalue weighted by molar-refractivity contribution is -0.141. The summed E-state index contributed by atoms with van der Waals surface area (Å²) in [7, 11) is 0. The van der Waals surface area contributed by atoms with Crippen LogP contribution in [0.1, 0.15) is 16.2 Å². The molecule has 0 fully saturated rings. The molecule has 0 unspecified atom stereocenters. The van der Waals surface area contributed by atoms with Gasteiger partial charge in [-0.15, -0.1) is 22.7 Å².